The summed E-state index contributed by atoms with van der Waals surface area (Å²) in [5.41, 5.74) is 5.57. The molecular weight excluding hydrogens is 362 g/mol. The van der Waals surface area contributed by atoms with E-state index in [1.807, 2.05) is 50.3 Å². The second kappa shape index (κ2) is 8.89. The molecule has 0 saturated carbocycles. The Balaban J connectivity index is 1.69. The quantitative estimate of drug-likeness (QED) is 0.427. The summed E-state index contributed by atoms with van der Waals surface area (Å²) in [4.78, 5) is 20.2. The van der Waals surface area contributed by atoms with Crippen LogP contribution < -0.4 is 10.6 Å². The van der Waals surface area contributed by atoms with Gasteiger partial charge in [-0.1, -0.05) is 18.2 Å². The molecular formula is C23H23N5O. The van der Waals surface area contributed by atoms with Crippen LogP contribution in [-0.4, -0.2) is 15.9 Å². The number of anilines is 1. The number of aromatic amines is 1. The molecule has 0 aliphatic heterocycles. The highest BCUT2D eigenvalue weighted by molar-refractivity contribution is 6.05. The Morgan fingerprint density at radius 3 is 2.79 bits per heavy atom. The fourth-order valence-electron chi connectivity index (χ4n) is 2.84. The number of carbonyl (C=O) groups excluding carboxylic acids is 1. The van der Waals surface area contributed by atoms with Crippen LogP contribution in [0.2, 0.25) is 0 Å². The number of aryl methyl sites for hydroxylation is 1. The van der Waals surface area contributed by atoms with E-state index in [2.05, 4.69) is 26.7 Å². The van der Waals surface area contributed by atoms with Crippen molar-refractivity contribution >= 4 is 22.6 Å². The Bertz CT molecular complexity index is 1150. The second-order valence-electron chi connectivity index (χ2n) is 6.89. The predicted molar refractivity (Wildman–Crippen MR) is 115 cm³/mol. The number of hydrogen-bond acceptors (Lipinski definition) is 4. The molecule has 0 atom stereocenters. The van der Waals surface area contributed by atoms with Crippen LogP contribution in [0.15, 0.2) is 66.0 Å². The van der Waals surface area contributed by atoms with E-state index >= 15 is 0 Å². The number of pyridine rings is 1. The Kier molecular flexibility index (Phi) is 6.10. The molecule has 0 unspecified atom stereocenters. The van der Waals surface area contributed by atoms with Gasteiger partial charge in [0, 0.05) is 27.9 Å². The standard InChI is InChI=1S/C23H23N5O/c1-15(12-24)8-9-17(3)25-13-19-10-18-11-20(14-26-22(18)27-19)28-23(29)21-7-5-4-6-16(21)2/h4-11,14,25H,13H2,1-3H3,(H,26,27)(H,28,29)/b15-8+,17-9+. The molecule has 29 heavy (non-hydrogen) atoms. The summed E-state index contributed by atoms with van der Waals surface area (Å²) in [6, 6.07) is 13.5. The number of nitrogens with one attached hydrogen (secondary N) is 3. The van der Waals surface area contributed by atoms with Crippen molar-refractivity contribution in [2.75, 3.05) is 5.32 Å². The number of rotatable bonds is 6. The maximum absolute atomic E-state index is 12.5. The zero-order valence-electron chi connectivity index (χ0n) is 16.7. The molecule has 2 aromatic heterocycles. The summed E-state index contributed by atoms with van der Waals surface area (Å²) in [5, 5.41) is 15.9. The summed E-state index contributed by atoms with van der Waals surface area (Å²) in [5.74, 6) is -0.150. The third-order valence-electron chi connectivity index (χ3n) is 4.49. The van der Waals surface area contributed by atoms with Crippen LogP contribution in [-0.2, 0) is 6.54 Å². The normalized spacial score (nSPS) is 11.9. The highest BCUT2D eigenvalue weighted by Gasteiger charge is 2.10. The zero-order chi connectivity index (χ0) is 20.8. The van der Waals surface area contributed by atoms with Crippen LogP contribution in [0.3, 0.4) is 0 Å². The molecule has 3 aromatic rings. The highest BCUT2D eigenvalue weighted by Crippen LogP contribution is 2.19. The van der Waals surface area contributed by atoms with Crippen molar-refractivity contribution in [2.24, 2.45) is 0 Å². The summed E-state index contributed by atoms with van der Waals surface area (Å²) >= 11 is 0. The van der Waals surface area contributed by atoms with Crippen LogP contribution in [0.1, 0.15) is 35.5 Å². The summed E-state index contributed by atoms with van der Waals surface area (Å²) in [6.45, 7) is 6.22. The van der Waals surface area contributed by atoms with E-state index in [0.29, 0.717) is 23.4 Å². The van der Waals surface area contributed by atoms with Gasteiger partial charge >= 0.3 is 0 Å². The number of fused-ring (bicyclic) bond motifs is 1. The topological polar surface area (TPSA) is 93.6 Å². The summed E-state index contributed by atoms with van der Waals surface area (Å²) in [7, 11) is 0. The first-order valence-electron chi connectivity index (χ1n) is 9.30. The average molecular weight is 385 g/mol. The fourth-order valence-corrected chi connectivity index (χ4v) is 2.84. The lowest BCUT2D eigenvalue weighted by atomic mass is 10.1. The van der Waals surface area contributed by atoms with Crippen molar-refractivity contribution in [1.82, 2.24) is 15.3 Å². The maximum atomic E-state index is 12.5. The maximum Gasteiger partial charge on any atom is 0.255 e. The van der Waals surface area contributed by atoms with Crippen molar-refractivity contribution in [2.45, 2.75) is 27.3 Å². The van der Waals surface area contributed by atoms with E-state index in [0.717, 1.165) is 28.0 Å². The minimum Gasteiger partial charge on any atom is -0.383 e. The molecule has 146 valence electrons. The molecule has 1 amide bonds. The minimum atomic E-state index is -0.150. The molecule has 0 aliphatic rings. The monoisotopic (exact) mass is 385 g/mol. The summed E-state index contributed by atoms with van der Waals surface area (Å²) in [6.07, 6.45) is 5.30. The van der Waals surface area contributed by atoms with Gasteiger partial charge in [-0.25, -0.2) is 4.98 Å². The van der Waals surface area contributed by atoms with Gasteiger partial charge in [0.2, 0.25) is 0 Å². The molecule has 1 aromatic carbocycles. The number of H-pyrrole nitrogens is 1. The largest absolute Gasteiger partial charge is 0.383 e. The molecule has 2 heterocycles. The number of benzene rings is 1. The Morgan fingerprint density at radius 1 is 1.24 bits per heavy atom. The Labute approximate surface area is 170 Å². The minimum absolute atomic E-state index is 0.150. The Hall–Kier alpha value is -3.85. The molecule has 6 nitrogen and oxygen atoms in total. The number of amides is 1. The van der Waals surface area contributed by atoms with Crippen LogP contribution in [0.5, 0.6) is 0 Å². The van der Waals surface area contributed by atoms with Gasteiger partial charge in [-0.3, -0.25) is 4.79 Å². The third-order valence-corrected chi connectivity index (χ3v) is 4.49. The van der Waals surface area contributed by atoms with Gasteiger partial charge in [0.15, 0.2) is 0 Å². The fraction of sp³-hybridized carbons (Fsp3) is 0.174. The van der Waals surface area contributed by atoms with Crippen molar-refractivity contribution in [3.63, 3.8) is 0 Å². The molecule has 0 radical (unpaired) electrons. The lowest BCUT2D eigenvalue weighted by Gasteiger charge is -2.07. The van der Waals surface area contributed by atoms with Crippen LogP contribution >= 0.6 is 0 Å². The van der Waals surface area contributed by atoms with Gasteiger partial charge < -0.3 is 15.6 Å². The van der Waals surface area contributed by atoms with Crippen molar-refractivity contribution in [3.05, 3.63) is 82.8 Å². The van der Waals surface area contributed by atoms with E-state index in [1.165, 1.54) is 0 Å². The molecule has 0 aliphatic carbocycles. The number of nitrogens with zero attached hydrogens (tertiary/aromatic N) is 2. The van der Waals surface area contributed by atoms with Gasteiger partial charge in [0.25, 0.3) is 5.91 Å². The first kappa shape index (κ1) is 19.9. The van der Waals surface area contributed by atoms with Gasteiger partial charge in [0.05, 0.1) is 24.5 Å². The van der Waals surface area contributed by atoms with Gasteiger partial charge in [-0.2, -0.15) is 5.26 Å². The van der Waals surface area contributed by atoms with Gasteiger partial charge in [0.1, 0.15) is 5.65 Å². The first-order chi connectivity index (χ1) is 14.0. The third kappa shape index (κ3) is 5.11. The number of hydrogen-bond donors (Lipinski definition) is 3. The van der Waals surface area contributed by atoms with Crippen molar-refractivity contribution in [3.8, 4) is 6.07 Å². The molecule has 6 heteroatoms. The predicted octanol–water partition coefficient (Wildman–Crippen LogP) is 4.59. The molecule has 0 bridgehead atoms. The van der Waals surface area contributed by atoms with E-state index in [-0.39, 0.29) is 5.91 Å². The zero-order valence-corrected chi connectivity index (χ0v) is 16.7. The first-order valence-corrected chi connectivity index (χ1v) is 9.30. The van der Waals surface area contributed by atoms with E-state index in [1.54, 1.807) is 25.3 Å². The molecule has 0 saturated heterocycles. The summed E-state index contributed by atoms with van der Waals surface area (Å²) < 4.78 is 0. The van der Waals surface area contributed by atoms with Crippen LogP contribution in [0.4, 0.5) is 5.69 Å². The number of nitriles is 1. The smallest absolute Gasteiger partial charge is 0.255 e. The van der Waals surface area contributed by atoms with Crippen LogP contribution in [0, 0.1) is 18.3 Å². The molecule has 0 fully saturated rings. The van der Waals surface area contributed by atoms with E-state index in [4.69, 9.17) is 5.26 Å². The SMILES string of the molecule is C/C(C#N)=C\C=C(/C)NCc1cc2cc(NC(=O)c3ccccc3C)cnc2[nH]1. The lowest BCUT2D eigenvalue weighted by molar-refractivity contribution is 0.102. The van der Waals surface area contributed by atoms with Gasteiger partial charge in [-0.05, 0) is 56.7 Å². The molecule has 3 rings (SSSR count). The lowest BCUT2D eigenvalue weighted by Crippen LogP contribution is -2.13. The van der Waals surface area contributed by atoms with Crippen LogP contribution in [0.25, 0.3) is 11.0 Å². The number of aromatic nitrogens is 2. The van der Waals surface area contributed by atoms with Crippen molar-refractivity contribution < 1.29 is 4.79 Å². The van der Waals surface area contributed by atoms with E-state index in [9.17, 15) is 4.79 Å². The molecule has 0 spiro atoms. The van der Waals surface area contributed by atoms with Crippen molar-refractivity contribution in [1.29, 1.82) is 5.26 Å². The second-order valence-corrected chi connectivity index (χ2v) is 6.89. The Morgan fingerprint density at radius 2 is 2.03 bits per heavy atom. The average Bonchev–Trinajstić information content (AvgIpc) is 3.12. The number of carbonyl (C=O) groups is 1. The highest BCUT2D eigenvalue weighted by atomic mass is 16.1. The number of allylic oxidation sites excluding steroid dienone is 4. The van der Waals surface area contributed by atoms with Gasteiger partial charge in [-0.15, -0.1) is 0 Å². The molecule has 3 N–H and O–H groups in total. The van der Waals surface area contributed by atoms with E-state index < -0.39 is 0 Å².